The summed E-state index contributed by atoms with van der Waals surface area (Å²) in [4.78, 5) is 25.5. The lowest BCUT2D eigenvalue weighted by atomic mass is 9.79. The molecule has 176 valence electrons. The first-order valence-electron chi connectivity index (χ1n) is 12.4. The molecule has 0 radical (unpaired) electrons. The highest BCUT2D eigenvalue weighted by Crippen LogP contribution is 2.44. The molecule has 0 spiro atoms. The SMILES string of the molecule is CCCCCC1OC1COC(=O)C1CC2OC2CC1C(=O)OCC1OC1CCCCC. The molecule has 1 saturated carbocycles. The van der Waals surface area contributed by atoms with E-state index in [4.69, 9.17) is 23.7 Å². The molecule has 0 aromatic heterocycles. The lowest BCUT2D eigenvalue weighted by Gasteiger charge is -2.26. The number of hydrogen-bond acceptors (Lipinski definition) is 7. The Kier molecular flexibility index (Phi) is 7.88. The zero-order chi connectivity index (χ0) is 21.8. The molecule has 4 rings (SSSR count). The molecule has 0 aromatic carbocycles. The second kappa shape index (κ2) is 10.6. The molecule has 3 saturated heterocycles. The highest BCUT2D eigenvalue weighted by molar-refractivity contribution is 5.82. The van der Waals surface area contributed by atoms with Crippen molar-refractivity contribution in [2.75, 3.05) is 13.2 Å². The number of hydrogen-bond donors (Lipinski definition) is 0. The Hall–Kier alpha value is -1.18. The molecule has 8 unspecified atom stereocenters. The molecule has 8 atom stereocenters. The van der Waals surface area contributed by atoms with E-state index in [1.54, 1.807) is 0 Å². The van der Waals surface area contributed by atoms with Crippen molar-refractivity contribution in [2.45, 2.75) is 115 Å². The smallest absolute Gasteiger partial charge is 0.310 e. The van der Waals surface area contributed by atoms with E-state index in [2.05, 4.69) is 13.8 Å². The van der Waals surface area contributed by atoms with Crippen LogP contribution >= 0.6 is 0 Å². The lowest BCUT2D eigenvalue weighted by Crippen LogP contribution is -2.38. The number of epoxide rings is 3. The summed E-state index contributed by atoms with van der Waals surface area (Å²) in [5.41, 5.74) is 0. The number of carbonyl (C=O) groups is 2. The van der Waals surface area contributed by atoms with E-state index in [1.807, 2.05) is 0 Å². The van der Waals surface area contributed by atoms with Gasteiger partial charge in [-0.1, -0.05) is 52.4 Å². The van der Waals surface area contributed by atoms with Gasteiger partial charge in [0.05, 0.1) is 36.3 Å². The van der Waals surface area contributed by atoms with Crippen LogP contribution in [0.15, 0.2) is 0 Å². The minimum Gasteiger partial charge on any atom is -0.463 e. The molecule has 31 heavy (non-hydrogen) atoms. The first kappa shape index (κ1) is 23.0. The molecule has 0 N–H and O–H groups in total. The summed E-state index contributed by atoms with van der Waals surface area (Å²) in [6.07, 6.45) is 10.8. The van der Waals surface area contributed by atoms with Crippen LogP contribution < -0.4 is 0 Å². The summed E-state index contributed by atoms with van der Waals surface area (Å²) < 4.78 is 27.9. The molecule has 3 aliphatic heterocycles. The Morgan fingerprint density at radius 2 is 1.13 bits per heavy atom. The van der Waals surface area contributed by atoms with E-state index in [-0.39, 0.29) is 61.8 Å². The zero-order valence-corrected chi connectivity index (χ0v) is 19.0. The van der Waals surface area contributed by atoms with Crippen LogP contribution in [-0.4, -0.2) is 61.8 Å². The molecule has 7 heteroatoms. The molecule has 7 nitrogen and oxygen atoms in total. The number of carbonyl (C=O) groups excluding carboxylic acids is 2. The Morgan fingerprint density at radius 3 is 1.55 bits per heavy atom. The van der Waals surface area contributed by atoms with E-state index in [0.29, 0.717) is 12.8 Å². The van der Waals surface area contributed by atoms with Crippen molar-refractivity contribution in [3.05, 3.63) is 0 Å². The van der Waals surface area contributed by atoms with Gasteiger partial charge < -0.3 is 23.7 Å². The van der Waals surface area contributed by atoms with Gasteiger partial charge in [0.15, 0.2) is 0 Å². The van der Waals surface area contributed by atoms with Crippen LogP contribution in [0.25, 0.3) is 0 Å². The van der Waals surface area contributed by atoms with Crippen LogP contribution in [0.2, 0.25) is 0 Å². The second-order valence-electron chi connectivity index (χ2n) is 9.57. The Bertz CT molecular complexity index is 571. The lowest BCUT2D eigenvalue weighted by molar-refractivity contribution is -0.162. The van der Waals surface area contributed by atoms with Gasteiger partial charge in [0.25, 0.3) is 0 Å². The van der Waals surface area contributed by atoms with E-state index in [0.717, 1.165) is 25.7 Å². The summed E-state index contributed by atoms with van der Waals surface area (Å²) in [5, 5.41) is 0. The van der Waals surface area contributed by atoms with Crippen LogP contribution in [0.1, 0.15) is 78.1 Å². The third-order valence-corrected chi connectivity index (χ3v) is 7.09. The average Bonchev–Trinajstić information content (AvgIpc) is 3.65. The van der Waals surface area contributed by atoms with Crippen molar-refractivity contribution < 1.29 is 33.3 Å². The fraction of sp³-hybridized carbons (Fsp3) is 0.917. The number of ether oxygens (including phenoxy) is 5. The number of fused-ring (bicyclic) bond motifs is 1. The van der Waals surface area contributed by atoms with Crippen molar-refractivity contribution in [3.8, 4) is 0 Å². The minimum atomic E-state index is -0.492. The van der Waals surface area contributed by atoms with E-state index >= 15 is 0 Å². The Balaban J connectivity index is 1.18. The number of rotatable bonds is 14. The van der Waals surface area contributed by atoms with Crippen LogP contribution in [0.4, 0.5) is 0 Å². The predicted octanol–water partition coefficient (Wildman–Crippen LogP) is 3.56. The molecular formula is C24H38O7. The highest BCUT2D eigenvalue weighted by Gasteiger charge is 2.54. The Morgan fingerprint density at radius 1 is 0.677 bits per heavy atom. The van der Waals surface area contributed by atoms with Crippen LogP contribution in [0.5, 0.6) is 0 Å². The van der Waals surface area contributed by atoms with Crippen molar-refractivity contribution >= 4 is 11.9 Å². The third kappa shape index (κ3) is 6.42. The van der Waals surface area contributed by atoms with Gasteiger partial charge >= 0.3 is 11.9 Å². The molecule has 0 aromatic rings. The summed E-state index contributed by atoms with van der Waals surface area (Å²) in [6, 6.07) is 0. The average molecular weight is 439 g/mol. The van der Waals surface area contributed by atoms with Gasteiger partial charge in [0.1, 0.15) is 25.4 Å². The second-order valence-corrected chi connectivity index (χ2v) is 9.57. The van der Waals surface area contributed by atoms with Crippen LogP contribution in [0, 0.1) is 11.8 Å². The molecule has 0 amide bonds. The fourth-order valence-electron chi connectivity index (χ4n) is 4.84. The predicted molar refractivity (Wildman–Crippen MR) is 112 cm³/mol. The maximum atomic E-state index is 12.8. The maximum Gasteiger partial charge on any atom is 0.310 e. The van der Waals surface area contributed by atoms with Gasteiger partial charge in [-0.3, -0.25) is 9.59 Å². The zero-order valence-electron chi connectivity index (χ0n) is 19.0. The minimum absolute atomic E-state index is 0.0105. The molecule has 3 heterocycles. The van der Waals surface area contributed by atoms with Crippen molar-refractivity contribution in [2.24, 2.45) is 11.8 Å². The van der Waals surface area contributed by atoms with Gasteiger partial charge in [0, 0.05) is 0 Å². The molecule has 1 aliphatic carbocycles. The maximum absolute atomic E-state index is 12.8. The van der Waals surface area contributed by atoms with Crippen molar-refractivity contribution in [1.29, 1.82) is 0 Å². The van der Waals surface area contributed by atoms with Crippen molar-refractivity contribution in [1.82, 2.24) is 0 Å². The van der Waals surface area contributed by atoms with Crippen molar-refractivity contribution in [3.63, 3.8) is 0 Å². The summed E-state index contributed by atoms with van der Waals surface area (Å²) in [6.45, 7) is 4.91. The standard InChI is InChI=1S/C24H38O7/c1-3-5-7-9-17-21(29-17)13-27-23(25)15-11-19-20(31-19)12-16(15)24(26)28-14-22-18(30-22)10-8-6-4-2/h15-22H,3-14H2,1-2H3. The number of unbranched alkanes of at least 4 members (excludes halogenated alkanes) is 4. The summed E-state index contributed by atoms with van der Waals surface area (Å²) >= 11 is 0. The van der Waals surface area contributed by atoms with E-state index in [9.17, 15) is 9.59 Å². The van der Waals surface area contributed by atoms with E-state index < -0.39 is 11.8 Å². The van der Waals surface area contributed by atoms with Gasteiger partial charge in [-0.25, -0.2) is 0 Å². The topological polar surface area (TPSA) is 90.2 Å². The van der Waals surface area contributed by atoms with E-state index in [1.165, 1.54) is 25.7 Å². The quantitative estimate of drug-likeness (QED) is 0.233. The summed E-state index contributed by atoms with van der Waals surface area (Å²) in [7, 11) is 0. The van der Waals surface area contributed by atoms with Crippen LogP contribution in [-0.2, 0) is 33.3 Å². The van der Waals surface area contributed by atoms with Gasteiger partial charge in [-0.05, 0) is 25.7 Å². The van der Waals surface area contributed by atoms with Gasteiger partial charge in [-0.2, -0.15) is 0 Å². The Labute approximate surface area is 185 Å². The van der Waals surface area contributed by atoms with Gasteiger partial charge in [-0.15, -0.1) is 0 Å². The molecule has 4 aliphatic rings. The van der Waals surface area contributed by atoms with Gasteiger partial charge in [0.2, 0.25) is 0 Å². The first-order valence-corrected chi connectivity index (χ1v) is 12.4. The third-order valence-electron chi connectivity index (χ3n) is 7.09. The largest absolute Gasteiger partial charge is 0.463 e. The number of esters is 2. The highest BCUT2D eigenvalue weighted by atomic mass is 16.6. The van der Waals surface area contributed by atoms with Crippen LogP contribution in [0.3, 0.4) is 0 Å². The molecule has 0 bridgehead atoms. The summed E-state index contributed by atoms with van der Waals surface area (Å²) in [5.74, 6) is -1.62. The fourth-order valence-corrected chi connectivity index (χ4v) is 4.84. The molecular weight excluding hydrogens is 400 g/mol. The monoisotopic (exact) mass is 438 g/mol. The molecule has 4 fully saturated rings. The normalized spacial score (nSPS) is 37.6. The first-order chi connectivity index (χ1) is 15.1.